The maximum atomic E-state index is 11.9. The van der Waals surface area contributed by atoms with E-state index in [1.54, 1.807) is 26.1 Å². The highest BCUT2D eigenvalue weighted by Crippen LogP contribution is 2.17. The van der Waals surface area contributed by atoms with Gasteiger partial charge in [0.1, 0.15) is 6.54 Å². The first-order valence-corrected chi connectivity index (χ1v) is 9.05. The Morgan fingerprint density at radius 3 is 2.62 bits per heavy atom. The standard InChI is InChI=1S/C19H31N5O2/c1-16-6-5-7-17(14-16)23-9-11-24(12-10-23)19(20-8-13-26-4)21-15-18(25)22(2)3/h5-7,14H,8-13,15H2,1-4H3,(H,20,21). The molecule has 1 N–H and O–H groups in total. The number of likely N-dealkylation sites (N-methyl/N-ethyl adjacent to an activating group) is 1. The predicted molar refractivity (Wildman–Crippen MR) is 106 cm³/mol. The summed E-state index contributed by atoms with van der Waals surface area (Å²) in [6, 6.07) is 8.59. The topological polar surface area (TPSA) is 60.4 Å². The fraction of sp³-hybridized carbons (Fsp3) is 0.579. The molecule has 1 heterocycles. The summed E-state index contributed by atoms with van der Waals surface area (Å²) in [5.74, 6) is 0.774. The van der Waals surface area contributed by atoms with Crippen LogP contribution in [0.1, 0.15) is 5.56 Å². The van der Waals surface area contributed by atoms with Crippen LogP contribution in [0, 0.1) is 6.92 Å². The fourth-order valence-electron chi connectivity index (χ4n) is 2.82. The molecule has 1 amide bonds. The molecule has 0 saturated carbocycles. The molecule has 0 radical (unpaired) electrons. The van der Waals surface area contributed by atoms with Crippen molar-refractivity contribution in [2.45, 2.75) is 6.92 Å². The van der Waals surface area contributed by atoms with Gasteiger partial charge in [-0.25, -0.2) is 4.99 Å². The van der Waals surface area contributed by atoms with E-state index in [1.165, 1.54) is 11.3 Å². The second kappa shape index (κ2) is 10.0. The van der Waals surface area contributed by atoms with Crippen molar-refractivity contribution in [2.24, 2.45) is 4.99 Å². The fourth-order valence-corrected chi connectivity index (χ4v) is 2.82. The molecule has 0 spiro atoms. The highest BCUT2D eigenvalue weighted by atomic mass is 16.5. The molecule has 7 heteroatoms. The highest BCUT2D eigenvalue weighted by molar-refractivity contribution is 5.85. The first kappa shape index (κ1) is 20.0. The van der Waals surface area contributed by atoms with Crippen molar-refractivity contribution in [1.82, 2.24) is 15.1 Å². The Balaban J connectivity index is 1.98. The molecule has 0 aliphatic carbocycles. The Morgan fingerprint density at radius 1 is 1.27 bits per heavy atom. The molecular weight excluding hydrogens is 330 g/mol. The normalized spacial score (nSPS) is 15.2. The molecule has 0 unspecified atom stereocenters. The summed E-state index contributed by atoms with van der Waals surface area (Å²) in [5, 5.41) is 3.31. The Labute approximate surface area is 156 Å². The van der Waals surface area contributed by atoms with Gasteiger partial charge in [-0.05, 0) is 24.6 Å². The van der Waals surface area contributed by atoms with Gasteiger partial charge in [0.25, 0.3) is 0 Å². The summed E-state index contributed by atoms with van der Waals surface area (Å²) >= 11 is 0. The number of carbonyl (C=O) groups is 1. The SMILES string of the molecule is COCCNC(=NCC(=O)N(C)C)N1CCN(c2cccc(C)c2)CC1. The summed E-state index contributed by atoms with van der Waals surface area (Å²) in [5.41, 5.74) is 2.54. The Hall–Kier alpha value is -2.28. The average molecular weight is 361 g/mol. The quantitative estimate of drug-likeness (QED) is 0.461. The minimum absolute atomic E-state index is 0.00515. The van der Waals surface area contributed by atoms with E-state index in [9.17, 15) is 4.79 Å². The summed E-state index contributed by atoms with van der Waals surface area (Å²) < 4.78 is 5.11. The van der Waals surface area contributed by atoms with Gasteiger partial charge in [-0.15, -0.1) is 0 Å². The zero-order chi connectivity index (χ0) is 18.9. The van der Waals surface area contributed by atoms with Crippen molar-refractivity contribution in [3.63, 3.8) is 0 Å². The Kier molecular flexibility index (Phi) is 7.72. The van der Waals surface area contributed by atoms with Crippen LogP contribution in [0.15, 0.2) is 29.3 Å². The predicted octanol–water partition coefficient (Wildman–Crippen LogP) is 0.797. The van der Waals surface area contributed by atoms with Crippen molar-refractivity contribution in [3.05, 3.63) is 29.8 Å². The summed E-state index contributed by atoms with van der Waals surface area (Å²) in [7, 11) is 5.17. The molecule has 2 rings (SSSR count). The molecule has 0 atom stereocenters. The van der Waals surface area contributed by atoms with E-state index in [-0.39, 0.29) is 12.5 Å². The number of benzene rings is 1. The maximum Gasteiger partial charge on any atom is 0.243 e. The van der Waals surface area contributed by atoms with Crippen molar-refractivity contribution >= 4 is 17.6 Å². The minimum atomic E-state index is -0.00515. The molecule has 1 aromatic rings. The molecule has 1 aliphatic heterocycles. The molecule has 1 aromatic carbocycles. The van der Waals surface area contributed by atoms with Crippen LogP contribution in [0.5, 0.6) is 0 Å². The van der Waals surface area contributed by atoms with Gasteiger partial charge >= 0.3 is 0 Å². The average Bonchev–Trinajstić information content (AvgIpc) is 2.64. The van der Waals surface area contributed by atoms with E-state index in [4.69, 9.17) is 4.74 Å². The van der Waals surface area contributed by atoms with Gasteiger partial charge in [-0.2, -0.15) is 0 Å². The number of guanidine groups is 1. The minimum Gasteiger partial charge on any atom is -0.383 e. The largest absolute Gasteiger partial charge is 0.383 e. The molecule has 1 aliphatic rings. The molecule has 7 nitrogen and oxygen atoms in total. The number of carbonyl (C=O) groups excluding carboxylic acids is 1. The Morgan fingerprint density at radius 2 is 2.00 bits per heavy atom. The van der Waals surface area contributed by atoms with E-state index in [2.05, 4.69) is 51.3 Å². The second-order valence-corrected chi connectivity index (χ2v) is 6.66. The van der Waals surface area contributed by atoms with E-state index in [0.717, 1.165) is 32.1 Å². The van der Waals surface area contributed by atoms with E-state index in [1.807, 2.05) is 0 Å². The summed E-state index contributed by atoms with van der Waals surface area (Å²) in [4.78, 5) is 22.6. The highest BCUT2D eigenvalue weighted by Gasteiger charge is 2.20. The zero-order valence-electron chi connectivity index (χ0n) is 16.4. The number of ether oxygens (including phenoxy) is 1. The van der Waals surface area contributed by atoms with Gasteiger partial charge in [0.15, 0.2) is 5.96 Å². The number of anilines is 1. The van der Waals surface area contributed by atoms with Gasteiger partial charge in [0.2, 0.25) is 5.91 Å². The van der Waals surface area contributed by atoms with Gasteiger partial charge in [-0.3, -0.25) is 4.79 Å². The van der Waals surface area contributed by atoms with E-state index < -0.39 is 0 Å². The maximum absolute atomic E-state index is 11.9. The third kappa shape index (κ3) is 5.91. The zero-order valence-corrected chi connectivity index (χ0v) is 16.4. The first-order valence-electron chi connectivity index (χ1n) is 9.05. The molecule has 1 saturated heterocycles. The van der Waals surface area contributed by atoms with Crippen LogP contribution >= 0.6 is 0 Å². The van der Waals surface area contributed by atoms with Crippen LogP contribution in [-0.2, 0) is 9.53 Å². The van der Waals surface area contributed by atoms with Crippen LogP contribution < -0.4 is 10.2 Å². The molecule has 26 heavy (non-hydrogen) atoms. The van der Waals surface area contributed by atoms with Gasteiger partial charge in [-0.1, -0.05) is 12.1 Å². The number of hydrogen-bond acceptors (Lipinski definition) is 4. The third-order valence-electron chi connectivity index (χ3n) is 4.40. The number of methoxy groups -OCH3 is 1. The summed E-state index contributed by atoms with van der Waals surface area (Å²) in [6.07, 6.45) is 0. The number of rotatable bonds is 6. The smallest absolute Gasteiger partial charge is 0.243 e. The van der Waals surface area contributed by atoms with Crippen LogP contribution in [0.4, 0.5) is 5.69 Å². The van der Waals surface area contributed by atoms with Gasteiger partial charge < -0.3 is 24.8 Å². The molecular formula is C19H31N5O2. The lowest BCUT2D eigenvalue weighted by molar-refractivity contribution is -0.127. The molecule has 144 valence electrons. The number of hydrogen-bond donors (Lipinski definition) is 1. The molecule has 0 aromatic heterocycles. The van der Waals surface area contributed by atoms with Crippen molar-refractivity contribution in [1.29, 1.82) is 0 Å². The number of amides is 1. The van der Waals surface area contributed by atoms with Gasteiger partial charge in [0, 0.05) is 59.6 Å². The lowest BCUT2D eigenvalue weighted by Crippen LogP contribution is -2.53. The van der Waals surface area contributed by atoms with E-state index >= 15 is 0 Å². The van der Waals surface area contributed by atoms with Crippen LogP contribution in [-0.4, -0.2) is 88.7 Å². The van der Waals surface area contributed by atoms with Crippen LogP contribution in [0.3, 0.4) is 0 Å². The number of aryl methyl sites for hydroxylation is 1. The van der Waals surface area contributed by atoms with E-state index in [0.29, 0.717) is 13.2 Å². The summed E-state index contributed by atoms with van der Waals surface area (Å²) in [6.45, 7) is 7.12. The number of nitrogens with zero attached hydrogens (tertiary/aromatic N) is 4. The number of aliphatic imine (C=N–C) groups is 1. The molecule has 0 bridgehead atoms. The van der Waals surface area contributed by atoms with Gasteiger partial charge in [0.05, 0.1) is 6.61 Å². The third-order valence-corrected chi connectivity index (χ3v) is 4.40. The van der Waals surface area contributed by atoms with Crippen molar-refractivity contribution < 1.29 is 9.53 Å². The van der Waals surface area contributed by atoms with Crippen LogP contribution in [0.2, 0.25) is 0 Å². The first-order chi connectivity index (χ1) is 12.5. The monoisotopic (exact) mass is 361 g/mol. The number of piperazine rings is 1. The van der Waals surface area contributed by atoms with Crippen molar-refractivity contribution in [2.75, 3.05) is 72.0 Å². The second-order valence-electron chi connectivity index (χ2n) is 6.66. The lowest BCUT2D eigenvalue weighted by atomic mass is 10.2. The number of nitrogens with one attached hydrogen (secondary N) is 1. The Bertz CT molecular complexity index is 610. The van der Waals surface area contributed by atoms with Crippen molar-refractivity contribution in [3.8, 4) is 0 Å². The van der Waals surface area contributed by atoms with Crippen LogP contribution in [0.25, 0.3) is 0 Å². The lowest BCUT2D eigenvalue weighted by Gasteiger charge is -2.38. The molecule has 1 fully saturated rings.